The third kappa shape index (κ3) is 6.78. The van der Waals surface area contributed by atoms with E-state index in [1.54, 1.807) is 20.4 Å². The minimum atomic E-state index is 0.314. The monoisotopic (exact) mass is 414 g/mol. The molecular formula is C23H34N4O3. The van der Waals surface area contributed by atoms with Crippen molar-refractivity contribution in [3.8, 4) is 5.75 Å². The lowest BCUT2D eigenvalue weighted by molar-refractivity contribution is 0.105. The first-order valence-corrected chi connectivity index (χ1v) is 10.7. The van der Waals surface area contributed by atoms with Crippen molar-refractivity contribution in [3.05, 3.63) is 54.0 Å². The zero-order valence-electron chi connectivity index (χ0n) is 18.1. The zero-order chi connectivity index (χ0) is 21.0. The SMILES string of the molecule is CN=C(NCCCOCc1ccco1)NCC(c1ccc(OC)cc1)N1CCCC1. The molecule has 2 N–H and O–H groups in total. The summed E-state index contributed by atoms with van der Waals surface area (Å²) >= 11 is 0. The second-order valence-corrected chi connectivity index (χ2v) is 7.40. The largest absolute Gasteiger partial charge is 0.497 e. The Labute approximate surface area is 179 Å². The molecule has 0 aliphatic carbocycles. The molecule has 1 aromatic heterocycles. The summed E-state index contributed by atoms with van der Waals surface area (Å²) in [5.41, 5.74) is 1.30. The van der Waals surface area contributed by atoms with Crippen LogP contribution in [0.4, 0.5) is 0 Å². The van der Waals surface area contributed by atoms with Gasteiger partial charge in [0.15, 0.2) is 5.96 Å². The van der Waals surface area contributed by atoms with Gasteiger partial charge >= 0.3 is 0 Å². The van der Waals surface area contributed by atoms with E-state index in [1.165, 1.54) is 18.4 Å². The van der Waals surface area contributed by atoms with E-state index in [-0.39, 0.29) is 0 Å². The number of aliphatic imine (C=N–C) groups is 1. The predicted octanol–water partition coefficient (Wildman–Crippen LogP) is 3.20. The molecule has 1 aliphatic rings. The Kier molecular flexibility index (Phi) is 9.05. The number of hydrogen-bond acceptors (Lipinski definition) is 5. The van der Waals surface area contributed by atoms with Gasteiger partial charge in [-0.3, -0.25) is 9.89 Å². The van der Waals surface area contributed by atoms with Crippen molar-refractivity contribution in [2.75, 3.05) is 46.9 Å². The maximum atomic E-state index is 5.62. The van der Waals surface area contributed by atoms with Crippen molar-refractivity contribution in [2.45, 2.75) is 31.9 Å². The van der Waals surface area contributed by atoms with E-state index in [9.17, 15) is 0 Å². The van der Waals surface area contributed by atoms with Gasteiger partial charge in [-0.05, 0) is 62.2 Å². The average Bonchev–Trinajstić information content (AvgIpc) is 3.50. The first kappa shape index (κ1) is 22.2. The molecule has 0 spiro atoms. The normalized spacial score (nSPS) is 15.9. The lowest BCUT2D eigenvalue weighted by Crippen LogP contribution is -2.43. The van der Waals surface area contributed by atoms with Crippen LogP contribution in [0.3, 0.4) is 0 Å². The number of furan rings is 1. The molecule has 1 saturated heterocycles. The number of nitrogens with one attached hydrogen (secondary N) is 2. The van der Waals surface area contributed by atoms with E-state index in [1.807, 2.05) is 24.3 Å². The zero-order valence-corrected chi connectivity index (χ0v) is 18.1. The molecule has 7 heteroatoms. The van der Waals surface area contributed by atoms with E-state index < -0.39 is 0 Å². The predicted molar refractivity (Wildman–Crippen MR) is 119 cm³/mol. The van der Waals surface area contributed by atoms with Crippen LogP contribution in [0, 0.1) is 0 Å². The topological polar surface area (TPSA) is 71.3 Å². The van der Waals surface area contributed by atoms with Gasteiger partial charge in [-0.2, -0.15) is 0 Å². The average molecular weight is 415 g/mol. The Balaban J connectivity index is 1.43. The standard InChI is InChI=1S/C23H34N4O3/c1-24-23(25-12-6-15-29-18-21-7-5-16-30-21)26-17-22(27-13-3-4-14-27)19-8-10-20(28-2)11-9-19/h5,7-11,16,22H,3-4,6,12-15,17-18H2,1-2H3,(H2,24,25,26). The van der Waals surface area contributed by atoms with E-state index in [0.29, 0.717) is 19.3 Å². The van der Waals surface area contributed by atoms with Gasteiger partial charge in [0.1, 0.15) is 18.1 Å². The fourth-order valence-electron chi connectivity index (χ4n) is 3.70. The molecule has 1 unspecified atom stereocenters. The van der Waals surface area contributed by atoms with Gasteiger partial charge in [0.05, 0.1) is 19.4 Å². The van der Waals surface area contributed by atoms with Gasteiger partial charge in [-0.1, -0.05) is 12.1 Å². The molecule has 1 aliphatic heterocycles. The third-order valence-corrected chi connectivity index (χ3v) is 5.35. The highest BCUT2D eigenvalue weighted by Gasteiger charge is 2.23. The van der Waals surface area contributed by atoms with E-state index in [4.69, 9.17) is 13.9 Å². The molecule has 0 saturated carbocycles. The summed E-state index contributed by atoms with van der Waals surface area (Å²) in [7, 11) is 3.51. The van der Waals surface area contributed by atoms with Gasteiger partial charge < -0.3 is 24.5 Å². The highest BCUT2D eigenvalue weighted by Crippen LogP contribution is 2.26. The third-order valence-electron chi connectivity index (χ3n) is 5.35. The van der Waals surface area contributed by atoms with Crippen LogP contribution >= 0.6 is 0 Å². The summed E-state index contributed by atoms with van der Waals surface area (Å²) in [5, 5.41) is 6.87. The molecule has 164 valence electrons. The number of nitrogens with zero attached hydrogens (tertiary/aromatic N) is 2. The van der Waals surface area contributed by atoms with Crippen LogP contribution in [0.2, 0.25) is 0 Å². The van der Waals surface area contributed by atoms with Crippen LogP contribution in [0.1, 0.15) is 36.6 Å². The molecular weight excluding hydrogens is 380 g/mol. The molecule has 2 heterocycles. The summed E-state index contributed by atoms with van der Waals surface area (Å²) in [6.45, 7) is 5.07. The maximum absolute atomic E-state index is 5.62. The molecule has 1 fully saturated rings. The minimum absolute atomic E-state index is 0.314. The number of methoxy groups -OCH3 is 1. The van der Waals surface area contributed by atoms with Crippen LogP contribution in [-0.2, 0) is 11.3 Å². The van der Waals surface area contributed by atoms with Crippen molar-refractivity contribution < 1.29 is 13.9 Å². The van der Waals surface area contributed by atoms with Gasteiger partial charge in [0.25, 0.3) is 0 Å². The number of guanidine groups is 1. The summed E-state index contributed by atoms with van der Waals surface area (Å²) < 4.78 is 16.2. The quantitative estimate of drug-likeness (QED) is 0.334. The molecule has 0 bridgehead atoms. The summed E-state index contributed by atoms with van der Waals surface area (Å²) in [6.07, 6.45) is 5.09. The van der Waals surface area contributed by atoms with Crippen molar-refractivity contribution in [1.29, 1.82) is 0 Å². The second-order valence-electron chi connectivity index (χ2n) is 7.40. The fraction of sp³-hybridized carbons (Fsp3) is 0.522. The molecule has 1 atom stereocenters. The van der Waals surface area contributed by atoms with Gasteiger partial charge in [0, 0.05) is 26.7 Å². The Morgan fingerprint density at radius 1 is 1.17 bits per heavy atom. The number of rotatable bonds is 11. The first-order chi connectivity index (χ1) is 14.8. The Bertz CT molecular complexity index is 740. The second kappa shape index (κ2) is 12.2. The van der Waals surface area contributed by atoms with Crippen molar-refractivity contribution in [3.63, 3.8) is 0 Å². The van der Waals surface area contributed by atoms with Gasteiger partial charge in [-0.15, -0.1) is 0 Å². The van der Waals surface area contributed by atoms with Crippen molar-refractivity contribution in [1.82, 2.24) is 15.5 Å². The molecule has 2 aromatic rings. The smallest absolute Gasteiger partial charge is 0.191 e. The Hall–Kier alpha value is -2.51. The van der Waals surface area contributed by atoms with Crippen molar-refractivity contribution in [2.24, 2.45) is 4.99 Å². The molecule has 30 heavy (non-hydrogen) atoms. The van der Waals surface area contributed by atoms with Crippen LogP contribution in [-0.4, -0.2) is 57.8 Å². The minimum Gasteiger partial charge on any atom is -0.497 e. The number of ether oxygens (including phenoxy) is 2. The van der Waals surface area contributed by atoms with Crippen LogP contribution in [0.15, 0.2) is 52.1 Å². The van der Waals surface area contributed by atoms with E-state index >= 15 is 0 Å². The Morgan fingerprint density at radius 2 is 1.97 bits per heavy atom. The molecule has 1 aromatic carbocycles. The van der Waals surface area contributed by atoms with E-state index in [0.717, 1.165) is 50.1 Å². The number of hydrogen-bond donors (Lipinski definition) is 2. The molecule has 7 nitrogen and oxygen atoms in total. The summed E-state index contributed by atoms with van der Waals surface area (Å²) in [6, 6.07) is 12.5. The summed E-state index contributed by atoms with van der Waals surface area (Å²) in [5.74, 6) is 2.56. The van der Waals surface area contributed by atoms with Gasteiger partial charge in [0.2, 0.25) is 0 Å². The molecule has 3 rings (SSSR count). The van der Waals surface area contributed by atoms with Crippen LogP contribution in [0.5, 0.6) is 5.75 Å². The Morgan fingerprint density at radius 3 is 2.63 bits per heavy atom. The van der Waals surface area contributed by atoms with Crippen LogP contribution < -0.4 is 15.4 Å². The van der Waals surface area contributed by atoms with Gasteiger partial charge in [-0.25, -0.2) is 0 Å². The fourth-order valence-corrected chi connectivity index (χ4v) is 3.70. The lowest BCUT2D eigenvalue weighted by atomic mass is 10.1. The van der Waals surface area contributed by atoms with Crippen LogP contribution in [0.25, 0.3) is 0 Å². The first-order valence-electron chi connectivity index (χ1n) is 10.7. The molecule has 0 radical (unpaired) electrons. The lowest BCUT2D eigenvalue weighted by Gasteiger charge is -2.29. The molecule has 0 amide bonds. The number of likely N-dealkylation sites (tertiary alicyclic amines) is 1. The van der Waals surface area contributed by atoms with Crippen molar-refractivity contribution >= 4 is 5.96 Å². The highest BCUT2D eigenvalue weighted by molar-refractivity contribution is 5.79. The summed E-state index contributed by atoms with van der Waals surface area (Å²) in [4.78, 5) is 6.91. The highest BCUT2D eigenvalue weighted by atomic mass is 16.5. The maximum Gasteiger partial charge on any atom is 0.191 e. The number of benzene rings is 1. The van der Waals surface area contributed by atoms with E-state index in [2.05, 4.69) is 32.7 Å².